The molecule has 2 aromatic rings. The third-order valence-electron chi connectivity index (χ3n) is 5.33. The quantitative estimate of drug-likeness (QED) is 0.705. The Hall–Kier alpha value is -2.73. The van der Waals surface area contributed by atoms with Crippen molar-refractivity contribution in [1.82, 2.24) is 10.3 Å². The second kappa shape index (κ2) is 7.95. The molecule has 0 unspecified atom stereocenters. The first kappa shape index (κ1) is 19.6. The first-order valence-corrected chi connectivity index (χ1v) is 10.5. The van der Waals surface area contributed by atoms with Crippen molar-refractivity contribution >= 4 is 33.4 Å². The second-order valence-corrected chi connectivity index (χ2v) is 8.35. The number of carbonyl (C=O) groups is 2. The van der Waals surface area contributed by atoms with Gasteiger partial charge in [0.05, 0.1) is 0 Å². The number of dihydropyridines is 1. The van der Waals surface area contributed by atoms with Gasteiger partial charge in [-0.1, -0.05) is 34.1 Å². The molecule has 2 heterocycles. The maximum absolute atomic E-state index is 13.3. The van der Waals surface area contributed by atoms with Crippen LogP contribution >= 0.6 is 15.9 Å². The maximum atomic E-state index is 13.3. The van der Waals surface area contributed by atoms with Gasteiger partial charge >= 0.3 is 0 Å². The fourth-order valence-electron chi connectivity index (χ4n) is 4.10. The lowest BCUT2D eigenvalue weighted by Crippen LogP contribution is -2.35. The predicted octanol–water partition coefficient (Wildman–Crippen LogP) is 4.76. The van der Waals surface area contributed by atoms with Crippen LogP contribution in [-0.2, 0) is 9.59 Å². The van der Waals surface area contributed by atoms with Gasteiger partial charge in [0.1, 0.15) is 5.82 Å². The van der Waals surface area contributed by atoms with E-state index >= 15 is 0 Å². The van der Waals surface area contributed by atoms with Crippen LogP contribution in [-0.4, -0.2) is 16.7 Å². The number of anilines is 1. The Kier molecular flexibility index (Phi) is 5.37. The van der Waals surface area contributed by atoms with Gasteiger partial charge in [-0.25, -0.2) is 4.98 Å². The highest BCUT2D eigenvalue weighted by Gasteiger charge is 2.38. The fourth-order valence-corrected chi connectivity index (χ4v) is 4.52. The first-order chi connectivity index (χ1) is 13.9. The zero-order chi connectivity index (χ0) is 20.5. The van der Waals surface area contributed by atoms with Crippen molar-refractivity contribution in [1.29, 1.82) is 0 Å². The second-order valence-electron chi connectivity index (χ2n) is 7.44. The molecular weight excluding hydrogens is 430 g/mol. The summed E-state index contributed by atoms with van der Waals surface area (Å²) in [6.07, 6.45) is 2.16. The van der Waals surface area contributed by atoms with E-state index in [9.17, 15) is 9.59 Å². The van der Waals surface area contributed by atoms with E-state index in [4.69, 9.17) is 0 Å². The average molecular weight is 452 g/mol. The number of nitrogens with zero attached hydrogens (tertiary/aromatic N) is 1. The van der Waals surface area contributed by atoms with E-state index in [0.717, 1.165) is 40.0 Å². The molecule has 1 aliphatic heterocycles. The van der Waals surface area contributed by atoms with Crippen molar-refractivity contribution in [2.24, 2.45) is 0 Å². The lowest BCUT2D eigenvalue weighted by Gasteiger charge is -2.34. The summed E-state index contributed by atoms with van der Waals surface area (Å²) in [6.45, 7) is 3.77. The standard InChI is InChI=1S/C23H22BrN3O2/c1-13-6-3-11-19(25-13)27-23(29)20-14(2)26-17-9-5-10-18(28)22(17)21(20)15-7-4-8-16(24)12-15/h3-4,6-8,11-12,21,26H,5,9-10H2,1-2H3,(H,25,27,29)/t21-/m1/s1. The van der Waals surface area contributed by atoms with Gasteiger partial charge in [-0.05, 0) is 56.5 Å². The molecule has 4 rings (SSSR count). The molecule has 1 aromatic heterocycles. The molecule has 0 fully saturated rings. The molecule has 29 heavy (non-hydrogen) atoms. The van der Waals surface area contributed by atoms with Crippen molar-refractivity contribution in [2.45, 2.75) is 39.0 Å². The number of amides is 1. The van der Waals surface area contributed by atoms with E-state index in [1.807, 2.05) is 50.2 Å². The Morgan fingerprint density at radius 1 is 1.17 bits per heavy atom. The number of hydrogen-bond acceptors (Lipinski definition) is 4. The summed E-state index contributed by atoms with van der Waals surface area (Å²) in [5.74, 6) is -0.0439. The first-order valence-electron chi connectivity index (χ1n) is 9.68. The van der Waals surface area contributed by atoms with Crippen LogP contribution in [0.1, 0.15) is 43.4 Å². The lowest BCUT2D eigenvalue weighted by atomic mass is 9.75. The zero-order valence-electron chi connectivity index (χ0n) is 16.4. The smallest absolute Gasteiger partial charge is 0.255 e. The van der Waals surface area contributed by atoms with Crippen LogP contribution < -0.4 is 10.6 Å². The Morgan fingerprint density at radius 3 is 2.72 bits per heavy atom. The number of rotatable bonds is 3. The van der Waals surface area contributed by atoms with Gasteiger partial charge in [0.25, 0.3) is 5.91 Å². The molecule has 6 heteroatoms. The minimum atomic E-state index is -0.402. The Morgan fingerprint density at radius 2 is 1.97 bits per heavy atom. The maximum Gasteiger partial charge on any atom is 0.255 e. The number of hydrogen-bond donors (Lipinski definition) is 2. The number of Topliss-reactive ketones (excluding diaryl/α,β-unsaturated/α-hetero) is 1. The van der Waals surface area contributed by atoms with E-state index in [-0.39, 0.29) is 11.7 Å². The third kappa shape index (κ3) is 3.90. The fraction of sp³-hybridized carbons (Fsp3) is 0.261. The van der Waals surface area contributed by atoms with Gasteiger partial charge in [0, 0.05) is 45.0 Å². The molecule has 1 amide bonds. The van der Waals surface area contributed by atoms with Crippen LogP contribution in [0.2, 0.25) is 0 Å². The predicted molar refractivity (Wildman–Crippen MR) is 116 cm³/mol. The highest BCUT2D eigenvalue weighted by Crippen LogP contribution is 2.42. The number of halogens is 1. The molecule has 1 atom stereocenters. The molecule has 5 nitrogen and oxygen atoms in total. The normalized spacial score (nSPS) is 19.0. The van der Waals surface area contributed by atoms with E-state index in [0.29, 0.717) is 23.4 Å². The highest BCUT2D eigenvalue weighted by molar-refractivity contribution is 9.10. The number of ketones is 1. The van der Waals surface area contributed by atoms with Crippen molar-refractivity contribution in [2.75, 3.05) is 5.32 Å². The number of pyridine rings is 1. The minimum absolute atomic E-state index is 0.107. The van der Waals surface area contributed by atoms with Gasteiger partial charge < -0.3 is 10.6 Å². The van der Waals surface area contributed by atoms with Crippen molar-refractivity contribution in [3.63, 3.8) is 0 Å². The monoisotopic (exact) mass is 451 g/mol. The number of nitrogens with one attached hydrogen (secondary N) is 2. The van der Waals surface area contributed by atoms with Gasteiger partial charge in [-0.15, -0.1) is 0 Å². The molecule has 1 aliphatic carbocycles. The summed E-state index contributed by atoms with van der Waals surface area (Å²) >= 11 is 3.52. The summed E-state index contributed by atoms with van der Waals surface area (Å²) in [6, 6.07) is 13.3. The third-order valence-corrected chi connectivity index (χ3v) is 5.83. The summed E-state index contributed by atoms with van der Waals surface area (Å²) in [4.78, 5) is 30.6. The SMILES string of the molecule is CC1=C(C(=O)Nc2cccc(C)n2)[C@@H](c2cccc(Br)c2)C2=C(CCCC2=O)N1. The van der Waals surface area contributed by atoms with E-state index < -0.39 is 5.92 Å². The van der Waals surface area contributed by atoms with Gasteiger partial charge in [-0.2, -0.15) is 0 Å². The number of carbonyl (C=O) groups excluding carboxylic acids is 2. The van der Waals surface area contributed by atoms with Gasteiger partial charge in [-0.3, -0.25) is 9.59 Å². The van der Waals surface area contributed by atoms with E-state index in [1.54, 1.807) is 6.07 Å². The van der Waals surface area contributed by atoms with Crippen LogP contribution in [0.3, 0.4) is 0 Å². The van der Waals surface area contributed by atoms with Crippen LogP contribution in [0, 0.1) is 6.92 Å². The van der Waals surface area contributed by atoms with Gasteiger partial charge in [0.2, 0.25) is 0 Å². The highest BCUT2D eigenvalue weighted by atomic mass is 79.9. The van der Waals surface area contributed by atoms with Crippen molar-refractivity contribution in [3.8, 4) is 0 Å². The average Bonchev–Trinajstić information content (AvgIpc) is 2.67. The summed E-state index contributed by atoms with van der Waals surface area (Å²) in [7, 11) is 0. The van der Waals surface area contributed by atoms with Crippen LogP contribution in [0.4, 0.5) is 5.82 Å². The number of allylic oxidation sites excluding steroid dienone is 3. The number of aromatic nitrogens is 1. The molecule has 1 aromatic carbocycles. The summed E-state index contributed by atoms with van der Waals surface area (Å²) in [5.41, 5.74) is 4.72. The molecule has 0 saturated carbocycles. The largest absolute Gasteiger partial charge is 0.362 e. The molecule has 0 bridgehead atoms. The minimum Gasteiger partial charge on any atom is -0.362 e. The van der Waals surface area contributed by atoms with E-state index in [1.165, 1.54) is 0 Å². The Labute approximate surface area is 178 Å². The number of benzene rings is 1. The van der Waals surface area contributed by atoms with Crippen molar-refractivity contribution in [3.05, 3.63) is 80.7 Å². The molecule has 0 spiro atoms. The molecule has 2 N–H and O–H groups in total. The summed E-state index contributed by atoms with van der Waals surface area (Å²) < 4.78 is 0.914. The molecular formula is C23H22BrN3O2. The number of aryl methyl sites for hydroxylation is 1. The Bertz CT molecular complexity index is 1070. The van der Waals surface area contributed by atoms with Crippen LogP contribution in [0.25, 0.3) is 0 Å². The van der Waals surface area contributed by atoms with Crippen LogP contribution in [0.15, 0.2) is 69.5 Å². The van der Waals surface area contributed by atoms with Crippen molar-refractivity contribution < 1.29 is 9.59 Å². The molecule has 148 valence electrons. The summed E-state index contributed by atoms with van der Waals surface area (Å²) in [5, 5.41) is 6.25. The van der Waals surface area contributed by atoms with Gasteiger partial charge in [0.15, 0.2) is 5.78 Å². The zero-order valence-corrected chi connectivity index (χ0v) is 18.0. The topological polar surface area (TPSA) is 71.1 Å². The molecule has 0 radical (unpaired) electrons. The van der Waals surface area contributed by atoms with Crippen LogP contribution in [0.5, 0.6) is 0 Å². The lowest BCUT2D eigenvalue weighted by molar-refractivity contribution is -0.116. The Balaban J connectivity index is 1.79. The molecule has 2 aliphatic rings. The molecule has 0 saturated heterocycles. The van der Waals surface area contributed by atoms with E-state index in [2.05, 4.69) is 31.5 Å².